The Labute approximate surface area is 99.1 Å². The smallest absolute Gasteiger partial charge is 0.0743 e. The number of terminal acetylenes is 1. The molecule has 2 fully saturated rings. The second-order valence-corrected chi connectivity index (χ2v) is 5.84. The molecule has 1 aliphatic carbocycles. The molecule has 1 heterocycles. The third kappa shape index (κ3) is 2.59. The van der Waals surface area contributed by atoms with Crippen molar-refractivity contribution in [3.05, 3.63) is 0 Å². The van der Waals surface area contributed by atoms with Crippen LogP contribution in [0.15, 0.2) is 0 Å². The maximum absolute atomic E-state index is 6.01. The number of nitrogens with one attached hydrogen (secondary N) is 1. The van der Waals surface area contributed by atoms with Crippen LogP contribution in [0.5, 0.6) is 0 Å². The molecule has 0 amide bonds. The lowest BCUT2D eigenvalue weighted by atomic mass is 9.87. The van der Waals surface area contributed by atoms with Crippen molar-refractivity contribution in [2.75, 3.05) is 6.61 Å². The van der Waals surface area contributed by atoms with Crippen LogP contribution in [0.25, 0.3) is 0 Å². The van der Waals surface area contributed by atoms with Gasteiger partial charge in [0.2, 0.25) is 0 Å². The normalized spacial score (nSPS) is 29.2. The van der Waals surface area contributed by atoms with E-state index in [-0.39, 0.29) is 11.1 Å². The predicted molar refractivity (Wildman–Crippen MR) is 66.2 cm³/mol. The molecular weight excluding hydrogens is 198 g/mol. The molecule has 90 valence electrons. The van der Waals surface area contributed by atoms with Gasteiger partial charge in [-0.25, -0.2) is 0 Å². The van der Waals surface area contributed by atoms with E-state index in [1.165, 1.54) is 25.7 Å². The Bertz CT molecular complexity index is 284. The molecule has 1 spiro atoms. The van der Waals surface area contributed by atoms with Gasteiger partial charge in [-0.2, -0.15) is 0 Å². The van der Waals surface area contributed by atoms with Crippen molar-refractivity contribution in [2.45, 2.75) is 69.6 Å². The summed E-state index contributed by atoms with van der Waals surface area (Å²) in [7, 11) is 0. The summed E-state index contributed by atoms with van der Waals surface area (Å²) in [5.74, 6) is 2.82. The minimum atomic E-state index is -0.193. The van der Waals surface area contributed by atoms with Crippen molar-refractivity contribution in [2.24, 2.45) is 0 Å². The third-order valence-corrected chi connectivity index (χ3v) is 3.93. The van der Waals surface area contributed by atoms with Crippen molar-refractivity contribution in [1.29, 1.82) is 0 Å². The fraction of sp³-hybridized carbons (Fsp3) is 0.857. The fourth-order valence-electron chi connectivity index (χ4n) is 3.07. The molecule has 16 heavy (non-hydrogen) atoms. The van der Waals surface area contributed by atoms with E-state index in [0.717, 1.165) is 19.4 Å². The highest BCUT2D eigenvalue weighted by atomic mass is 16.5. The van der Waals surface area contributed by atoms with Crippen molar-refractivity contribution in [1.82, 2.24) is 5.32 Å². The first-order valence-electron chi connectivity index (χ1n) is 6.45. The first-order valence-corrected chi connectivity index (χ1v) is 6.45. The van der Waals surface area contributed by atoms with Gasteiger partial charge in [-0.15, -0.1) is 6.42 Å². The quantitative estimate of drug-likeness (QED) is 0.723. The van der Waals surface area contributed by atoms with Crippen molar-refractivity contribution < 1.29 is 4.74 Å². The van der Waals surface area contributed by atoms with Crippen LogP contribution in [0, 0.1) is 12.3 Å². The molecule has 0 radical (unpaired) electrons. The molecule has 1 unspecified atom stereocenters. The second-order valence-electron chi connectivity index (χ2n) is 5.84. The minimum absolute atomic E-state index is 0.181. The zero-order valence-corrected chi connectivity index (χ0v) is 10.5. The predicted octanol–water partition coefficient (Wildman–Crippen LogP) is 2.48. The minimum Gasteiger partial charge on any atom is -0.375 e. The van der Waals surface area contributed by atoms with Gasteiger partial charge in [0.1, 0.15) is 0 Å². The lowest BCUT2D eigenvalue weighted by Gasteiger charge is -2.40. The number of hydrogen-bond donors (Lipinski definition) is 1. The Morgan fingerprint density at radius 2 is 2.06 bits per heavy atom. The van der Waals surface area contributed by atoms with Gasteiger partial charge in [0.15, 0.2) is 0 Å². The molecule has 0 aromatic rings. The zero-order chi connectivity index (χ0) is 11.6. The fourth-order valence-corrected chi connectivity index (χ4v) is 3.07. The van der Waals surface area contributed by atoms with Gasteiger partial charge >= 0.3 is 0 Å². The van der Waals surface area contributed by atoms with Gasteiger partial charge < -0.3 is 4.74 Å². The molecule has 2 heteroatoms. The first kappa shape index (κ1) is 12.0. The Kier molecular flexibility index (Phi) is 3.28. The Hall–Kier alpha value is -0.520. The summed E-state index contributed by atoms with van der Waals surface area (Å²) in [6, 6.07) is 0.526. The van der Waals surface area contributed by atoms with Crippen LogP contribution in [-0.2, 0) is 4.74 Å². The van der Waals surface area contributed by atoms with E-state index in [0.29, 0.717) is 6.04 Å². The van der Waals surface area contributed by atoms with E-state index in [1.54, 1.807) is 0 Å². The Morgan fingerprint density at radius 1 is 1.38 bits per heavy atom. The van der Waals surface area contributed by atoms with Crippen molar-refractivity contribution >= 4 is 0 Å². The first-order chi connectivity index (χ1) is 7.55. The van der Waals surface area contributed by atoms with E-state index in [9.17, 15) is 0 Å². The summed E-state index contributed by atoms with van der Waals surface area (Å²) in [4.78, 5) is 0. The molecular formula is C14H23NO. The van der Waals surface area contributed by atoms with Gasteiger partial charge in [-0.3, -0.25) is 5.32 Å². The van der Waals surface area contributed by atoms with Crippen LogP contribution < -0.4 is 5.32 Å². The van der Waals surface area contributed by atoms with Crippen LogP contribution in [0.1, 0.15) is 52.4 Å². The van der Waals surface area contributed by atoms with Gasteiger partial charge in [0, 0.05) is 12.6 Å². The number of hydrogen-bond acceptors (Lipinski definition) is 2. The lowest BCUT2D eigenvalue weighted by Crippen LogP contribution is -2.51. The molecule has 1 atom stereocenters. The standard InChI is InChI=1S/C14H23NO/c1-4-13(2,3)15-12-7-10-16-14(11-12)8-5-6-9-14/h1,12,15H,5-11H2,2-3H3. The molecule has 0 aromatic heterocycles. The van der Waals surface area contributed by atoms with Gasteiger partial charge in [-0.1, -0.05) is 18.8 Å². The Balaban J connectivity index is 1.95. The summed E-state index contributed by atoms with van der Waals surface area (Å²) >= 11 is 0. The molecule has 0 aromatic carbocycles. The van der Waals surface area contributed by atoms with Crippen LogP contribution in [-0.4, -0.2) is 23.8 Å². The topological polar surface area (TPSA) is 21.3 Å². The van der Waals surface area contributed by atoms with Gasteiger partial charge in [0.25, 0.3) is 0 Å². The Morgan fingerprint density at radius 3 is 2.69 bits per heavy atom. The molecule has 1 saturated heterocycles. The van der Waals surface area contributed by atoms with Gasteiger partial charge in [0.05, 0.1) is 11.1 Å². The van der Waals surface area contributed by atoms with Crippen molar-refractivity contribution in [3.63, 3.8) is 0 Å². The highest BCUT2D eigenvalue weighted by Gasteiger charge is 2.40. The van der Waals surface area contributed by atoms with E-state index < -0.39 is 0 Å². The molecule has 1 aliphatic heterocycles. The summed E-state index contributed by atoms with van der Waals surface area (Å²) in [5, 5.41) is 3.58. The second kappa shape index (κ2) is 4.39. The van der Waals surface area contributed by atoms with Crippen LogP contribution in [0.4, 0.5) is 0 Å². The molecule has 0 bridgehead atoms. The molecule has 2 aliphatic rings. The largest absolute Gasteiger partial charge is 0.375 e. The molecule has 1 saturated carbocycles. The molecule has 1 N–H and O–H groups in total. The van der Waals surface area contributed by atoms with Crippen LogP contribution >= 0.6 is 0 Å². The number of ether oxygens (including phenoxy) is 1. The lowest BCUT2D eigenvalue weighted by molar-refractivity contribution is -0.0852. The van der Waals surface area contributed by atoms with E-state index in [4.69, 9.17) is 11.2 Å². The van der Waals surface area contributed by atoms with Crippen LogP contribution in [0.3, 0.4) is 0 Å². The molecule has 2 nitrogen and oxygen atoms in total. The van der Waals surface area contributed by atoms with Gasteiger partial charge in [-0.05, 0) is 39.5 Å². The maximum Gasteiger partial charge on any atom is 0.0743 e. The van der Waals surface area contributed by atoms with E-state index >= 15 is 0 Å². The summed E-state index contributed by atoms with van der Waals surface area (Å²) in [5.41, 5.74) is -0.0115. The summed E-state index contributed by atoms with van der Waals surface area (Å²) < 4.78 is 6.01. The maximum atomic E-state index is 6.01. The highest BCUT2D eigenvalue weighted by molar-refractivity contribution is 5.09. The van der Waals surface area contributed by atoms with E-state index in [2.05, 4.69) is 25.1 Å². The third-order valence-electron chi connectivity index (χ3n) is 3.93. The summed E-state index contributed by atoms with van der Waals surface area (Å²) in [6.07, 6.45) is 12.9. The SMILES string of the molecule is C#CC(C)(C)NC1CCOC2(CCCC2)C1. The monoisotopic (exact) mass is 221 g/mol. The van der Waals surface area contributed by atoms with Crippen LogP contribution in [0.2, 0.25) is 0 Å². The van der Waals surface area contributed by atoms with E-state index in [1.807, 2.05) is 0 Å². The average Bonchev–Trinajstić information content (AvgIpc) is 2.66. The molecule has 2 rings (SSSR count). The van der Waals surface area contributed by atoms with Crippen molar-refractivity contribution in [3.8, 4) is 12.3 Å². The average molecular weight is 221 g/mol. The number of rotatable bonds is 2. The zero-order valence-electron chi connectivity index (χ0n) is 10.5. The summed E-state index contributed by atoms with van der Waals surface area (Å²) in [6.45, 7) is 5.03. The highest BCUT2D eigenvalue weighted by Crippen LogP contribution is 2.40.